The van der Waals surface area contributed by atoms with Crippen LogP contribution in [0, 0.1) is 0 Å². The van der Waals surface area contributed by atoms with Gasteiger partial charge < -0.3 is 30.2 Å². The molecule has 0 bridgehead atoms. The molecule has 19 heteroatoms. The number of hydrogen-bond acceptors (Lipinski definition) is 14. The van der Waals surface area contributed by atoms with E-state index in [0.717, 1.165) is 10.6 Å². The SMILES string of the molecule is CO[C@@H]1C(n2ccc(=O)[nH]c2=O)O[C@H](CO)[C@@H]1O[P@](=O)(S)OC[C@H]1O[C@@H](n2cnc3c(N)ncnc32)C[C@H]1O. The molecule has 2 aliphatic rings. The maximum atomic E-state index is 13.2. The molecule has 0 amide bonds. The molecular formula is C20H26N7O10PS. The molecule has 5 heterocycles. The highest BCUT2D eigenvalue weighted by molar-refractivity contribution is 8.44. The van der Waals surface area contributed by atoms with Crippen molar-refractivity contribution in [1.29, 1.82) is 0 Å². The number of nitrogen functional groups attached to an aromatic ring is 1. The molecule has 8 atom stereocenters. The first-order valence-electron chi connectivity index (χ1n) is 11.6. The maximum Gasteiger partial charge on any atom is 0.386 e. The summed E-state index contributed by atoms with van der Waals surface area (Å²) in [5, 5.41) is 20.4. The molecule has 0 spiro atoms. The van der Waals surface area contributed by atoms with E-state index in [2.05, 4.69) is 32.2 Å². The van der Waals surface area contributed by atoms with Crippen molar-refractivity contribution in [3.05, 3.63) is 45.8 Å². The monoisotopic (exact) mass is 587 g/mol. The molecule has 17 nitrogen and oxygen atoms in total. The highest BCUT2D eigenvalue weighted by Crippen LogP contribution is 2.56. The van der Waals surface area contributed by atoms with Gasteiger partial charge in [0, 0.05) is 25.8 Å². The number of thiol groups is 1. The third-order valence-electron chi connectivity index (χ3n) is 6.42. The Morgan fingerprint density at radius 1 is 1.23 bits per heavy atom. The van der Waals surface area contributed by atoms with Gasteiger partial charge in [0.25, 0.3) is 5.56 Å². The number of nitrogens with one attached hydrogen (secondary N) is 1. The lowest BCUT2D eigenvalue weighted by atomic mass is 10.1. The number of fused-ring (bicyclic) bond motifs is 1. The summed E-state index contributed by atoms with van der Waals surface area (Å²) >= 11 is 4.03. The number of nitrogens with two attached hydrogens (primary N) is 1. The minimum Gasteiger partial charge on any atom is -0.394 e. The Labute approximate surface area is 224 Å². The first kappa shape index (κ1) is 27.9. The number of H-pyrrole nitrogens is 1. The number of aromatic nitrogens is 6. The summed E-state index contributed by atoms with van der Waals surface area (Å²) in [7, 11) is 1.30. The first-order chi connectivity index (χ1) is 18.6. The van der Waals surface area contributed by atoms with Gasteiger partial charge in [0.2, 0.25) is 0 Å². The third kappa shape index (κ3) is 5.52. The Bertz CT molecular complexity index is 1500. The highest BCUT2D eigenvalue weighted by atomic mass is 32.7. The van der Waals surface area contributed by atoms with Gasteiger partial charge in [0.05, 0.1) is 25.6 Å². The lowest BCUT2D eigenvalue weighted by Gasteiger charge is -2.26. The van der Waals surface area contributed by atoms with E-state index in [4.69, 9.17) is 29.0 Å². The standard InChI is InChI=1S/C20H26N7O10PS/c1-33-16-15(10(5-28)36-19(16)26-3-2-12(30)25-20(26)31)37-38(32,39)34-6-11-9(29)4-13(35-11)27-8-24-14-17(21)22-7-23-18(14)27/h2-3,7-11,13,15-16,19,28-29H,4-6H2,1H3,(H,32,39)(H2,21,22,23)(H,25,30,31)/t9-,10-,11-,13-,15+,16+,19?,38-/m1/s1. The second-order valence-electron chi connectivity index (χ2n) is 8.81. The number of aliphatic hydroxyl groups excluding tert-OH is 2. The van der Waals surface area contributed by atoms with Gasteiger partial charge in [0.15, 0.2) is 17.7 Å². The maximum absolute atomic E-state index is 13.2. The van der Waals surface area contributed by atoms with Crippen LogP contribution in [0.15, 0.2) is 34.5 Å². The largest absolute Gasteiger partial charge is 0.394 e. The second-order valence-corrected chi connectivity index (χ2v) is 11.7. The van der Waals surface area contributed by atoms with Gasteiger partial charge in [-0.05, 0) is 0 Å². The lowest BCUT2D eigenvalue weighted by Crippen LogP contribution is -2.39. The van der Waals surface area contributed by atoms with E-state index >= 15 is 0 Å². The molecule has 3 aromatic rings. The number of aliphatic hydroxyl groups is 2. The van der Waals surface area contributed by atoms with Crippen molar-refractivity contribution in [3.8, 4) is 0 Å². The van der Waals surface area contributed by atoms with E-state index < -0.39 is 67.6 Å². The first-order valence-corrected chi connectivity index (χ1v) is 14.3. The molecule has 0 aromatic carbocycles. The molecule has 2 aliphatic heterocycles. The predicted octanol–water partition coefficient (Wildman–Crippen LogP) is -1.05. The van der Waals surface area contributed by atoms with Gasteiger partial charge in [-0.1, -0.05) is 12.2 Å². The van der Waals surface area contributed by atoms with Crippen molar-refractivity contribution >= 4 is 36.0 Å². The summed E-state index contributed by atoms with van der Waals surface area (Å²) < 4.78 is 43.9. The molecule has 2 saturated heterocycles. The van der Waals surface area contributed by atoms with Gasteiger partial charge in [-0.3, -0.25) is 28.0 Å². The highest BCUT2D eigenvalue weighted by Gasteiger charge is 2.50. The molecule has 5 N–H and O–H groups in total. The zero-order chi connectivity index (χ0) is 27.9. The van der Waals surface area contributed by atoms with Crippen LogP contribution in [0.2, 0.25) is 0 Å². The smallest absolute Gasteiger partial charge is 0.386 e. The predicted molar refractivity (Wildman–Crippen MR) is 135 cm³/mol. The summed E-state index contributed by atoms with van der Waals surface area (Å²) in [4.78, 5) is 38.0. The zero-order valence-corrected chi connectivity index (χ0v) is 22.1. The third-order valence-corrected chi connectivity index (χ3v) is 8.04. The van der Waals surface area contributed by atoms with Crippen LogP contribution in [0.5, 0.6) is 0 Å². The summed E-state index contributed by atoms with van der Waals surface area (Å²) in [6.45, 7) is -5.09. The topological polar surface area (TPSA) is 228 Å². The average Bonchev–Trinajstić information content (AvgIpc) is 3.58. The van der Waals surface area contributed by atoms with Crippen LogP contribution in [0.25, 0.3) is 11.2 Å². The van der Waals surface area contributed by atoms with Gasteiger partial charge in [-0.2, -0.15) is 0 Å². The van der Waals surface area contributed by atoms with Crippen molar-refractivity contribution < 1.29 is 38.0 Å². The fourth-order valence-electron chi connectivity index (χ4n) is 4.55. The van der Waals surface area contributed by atoms with E-state index in [1.807, 2.05) is 0 Å². The van der Waals surface area contributed by atoms with E-state index in [1.165, 1.54) is 26.0 Å². The fraction of sp³-hybridized carbons (Fsp3) is 0.550. The molecule has 39 heavy (non-hydrogen) atoms. The molecule has 0 saturated carbocycles. The molecule has 3 aromatic heterocycles. The normalized spacial score (nSPS) is 30.6. The van der Waals surface area contributed by atoms with Crippen LogP contribution in [-0.2, 0) is 27.8 Å². The fourth-order valence-corrected chi connectivity index (χ4v) is 6.04. The molecule has 1 unspecified atom stereocenters. The molecular weight excluding hydrogens is 561 g/mol. The number of anilines is 1. The van der Waals surface area contributed by atoms with Crippen molar-refractivity contribution in [3.63, 3.8) is 0 Å². The summed E-state index contributed by atoms with van der Waals surface area (Å²) in [5.41, 5.74) is 5.24. The minimum absolute atomic E-state index is 0.158. The molecule has 5 rings (SSSR count). The second kappa shape index (κ2) is 11.1. The van der Waals surface area contributed by atoms with Crippen LogP contribution >= 0.6 is 19.0 Å². The molecule has 0 radical (unpaired) electrons. The Morgan fingerprint density at radius 2 is 2.03 bits per heavy atom. The molecule has 2 fully saturated rings. The Kier molecular flexibility index (Phi) is 7.91. The van der Waals surface area contributed by atoms with E-state index in [9.17, 15) is 24.4 Å². The Hall–Kier alpha value is -2.67. The minimum atomic E-state index is -4.15. The molecule has 0 aliphatic carbocycles. The van der Waals surface area contributed by atoms with Crippen LogP contribution < -0.4 is 17.0 Å². The number of imidazole rings is 1. The number of ether oxygens (including phenoxy) is 3. The lowest BCUT2D eigenvalue weighted by molar-refractivity contribution is -0.0625. The number of aromatic amines is 1. The Morgan fingerprint density at radius 3 is 2.74 bits per heavy atom. The van der Waals surface area contributed by atoms with Gasteiger partial charge >= 0.3 is 12.5 Å². The number of methoxy groups -OCH3 is 1. The van der Waals surface area contributed by atoms with Crippen molar-refractivity contribution in [2.45, 2.75) is 49.4 Å². The number of hydrogen-bond donors (Lipinski definition) is 5. The number of nitrogens with zero attached hydrogens (tertiary/aromatic N) is 5. The summed E-state index contributed by atoms with van der Waals surface area (Å²) in [5.74, 6) is 0.199. The van der Waals surface area contributed by atoms with E-state index in [-0.39, 0.29) is 18.8 Å². The summed E-state index contributed by atoms with van der Waals surface area (Å²) in [6, 6.07) is 1.11. The van der Waals surface area contributed by atoms with Crippen molar-refractivity contribution in [2.75, 3.05) is 26.1 Å². The van der Waals surface area contributed by atoms with Crippen LogP contribution in [-0.4, -0.2) is 90.1 Å². The molecule has 212 valence electrons. The number of rotatable bonds is 9. The average molecular weight is 588 g/mol. The van der Waals surface area contributed by atoms with Crippen LogP contribution in [0.3, 0.4) is 0 Å². The van der Waals surface area contributed by atoms with Gasteiger partial charge in [0.1, 0.15) is 42.5 Å². The van der Waals surface area contributed by atoms with Crippen molar-refractivity contribution in [1.82, 2.24) is 29.1 Å². The summed E-state index contributed by atoms with van der Waals surface area (Å²) in [6.07, 6.45) is -2.89. The van der Waals surface area contributed by atoms with E-state index in [0.29, 0.717) is 11.2 Å². The van der Waals surface area contributed by atoms with E-state index in [1.54, 1.807) is 4.57 Å². The van der Waals surface area contributed by atoms with Gasteiger partial charge in [-0.15, -0.1) is 0 Å². The Balaban J connectivity index is 1.26. The quantitative estimate of drug-likeness (QED) is 0.149. The van der Waals surface area contributed by atoms with Crippen LogP contribution in [0.1, 0.15) is 18.9 Å². The van der Waals surface area contributed by atoms with Crippen molar-refractivity contribution in [2.24, 2.45) is 0 Å². The van der Waals surface area contributed by atoms with Gasteiger partial charge in [-0.25, -0.2) is 24.3 Å². The zero-order valence-electron chi connectivity index (χ0n) is 20.3. The van der Waals surface area contributed by atoms with Crippen LogP contribution in [0.4, 0.5) is 5.82 Å².